The Morgan fingerprint density at radius 1 is 1.07 bits per heavy atom. The molecule has 2 fully saturated rings. The van der Waals surface area contributed by atoms with E-state index in [-0.39, 0.29) is 32.4 Å². The number of benzene rings is 1. The number of esters is 2. The van der Waals surface area contributed by atoms with Crippen molar-refractivity contribution in [3.8, 4) is 0 Å². The average molecular weight is 616 g/mol. The van der Waals surface area contributed by atoms with Crippen molar-refractivity contribution in [1.29, 1.82) is 0 Å². The number of amides is 2. The predicted octanol–water partition coefficient (Wildman–Crippen LogP) is 2.26. The van der Waals surface area contributed by atoms with Crippen LogP contribution in [0.5, 0.6) is 0 Å². The molecule has 13 heteroatoms. The molecule has 240 valence electrons. The van der Waals surface area contributed by atoms with Crippen molar-refractivity contribution in [2.24, 2.45) is 0 Å². The number of ketones is 1. The van der Waals surface area contributed by atoms with Gasteiger partial charge in [-0.2, -0.15) is 0 Å². The zero-order valence-electron chi connectivity index (χ0n) is 24.9. The number of carboxylic acid groups (broad SMARTS) is 1. The Morgan fingerprint density at radius 3 is 2.57 bits per heavy atom. The molecule has 2 aliphatic rings. The summed E-state index contributed by atoms with van der Waals surface area (Å²) in [6.07, 6.45) is 2.27. The van der Waals surface area contributed by atoms with Crippen molar-refractivity contribution >= 4 is 41.2 Å². The van der Waals surface area contributed by atoms with Crippen molar-refractivity contribution in [3.05, 3.63) is 42.5 Å². The first kappa shape index (κ1) is 34.4. The van der Waals surface area contributed by atoms with E-state index in [0.29, 0.717) is 56.6 Å². The van der Waals surface area contributed by atoms with Crippen molar-refractivity contribution in [3.63, 3.8) is 0 Å². The van der Waals surface area contributed by atoms with E-state index in [9.17, 15) is 28.8 Å². The van der Waals surface area contributed by atoms with E-state index in [1.54, 1.807) is 24.3 Å². The van der Waals surface area contributed by atoms with Gasteiger partial charge in [0.1, 0.15) is 12.1 Å². The molecule has 1 aromatic rings. The summed E-state index contributed by atoms with van der Waals surface area (Å²) in [6, 6.07) is 5.88. The number of carbonyl (C=O) groups excluding carboxylic acids is 5. The first-order chi connectivity index (χ1) is 21.2. The first-order valence-electron chi connectivity index (χ1n) is 14.9. The smallest absolute Gasteiger partial charge is 0.330 e. The predicted molar refractivity (Wildman–Crippen MR) is 157 cm³/mol. The van der Waals surface area contributed by atoms with E-state index < -0.39 is 47.7 Å². The average Bonchev–Trinajstić information content (AvgIpc) is 3.03. The number of likely N-dealkylation sites (tertiary alicyclic amines) is 1. The van der Waals surface area contributed by atoms with Gasteiger partial charge in [-0.3, -0.25) is 24.1 Å². The number of rotatable bonds is 16. The van der Waals surface area contributed by atoms with Crippen LogP contribution in [0.25, 0.3) is 0 Å². The van der Waals surface area contributed by atoms with Crippen molar-refractivity contribution in [2.45, 2.75) is 63.5 Å². The fourth-order valence-corrected chi connectivity index (χ4v) is 5.09. The lowest BCUT2D eigenvalue weighted by molar-refractivity contribution is -0.163. The van der Waals surface area contributed by atoms with Crippen LogP contribution in [-0.2, 0) is 43.0 Å². The summed E-state index contributed by atoms with van der Waals surface area (Å²) in [5.74, 6) is -4.45. The van der Waals surface area contributed by atoms with Gasteiger partial charge in [0.15, 0.2) is 0 Å². The molecule has 0 radical (unpaired) electrons. The number of nitrogens with one attached hydrogen (secondary N) is 1. The van der Waals surface area contributed by atoms with Gasteiger partial charge in [-0.1, -0.05) is 18.7 Å². The Morgan fingerprint density at radius 2 is 1.84 bits per heavy atom. The molecule has 44 heavy (non-hydrogen) atoms. The number of hydrogen-bond acceptors (Lipinski definition) is 10. The van der Waals surface area contributed by atoms with Crippen LogP contribution < -0.4 is 5.32 Å². The van der Waals surface area contributed by atoms with Crippen LogP contribution in [0, 0.1) is 0 Å². The second-order valence-electron chi connectivity index (χ2n) is 10.6. The largest absolute Gasteiger partial charge is 0.481 e. The minimum Gasteiger partial charge on any atom is -0.481 e. The van der Waals surface area contributed by atoms with E-state index >= 15 is 0 Å². The van der Waals surface area contributed by atoms with Crippen molar-refractivity contribution in [2.75, 3.05) is 51.3 Å². The number of Topliss-reactive ketones (excluding diaryl/α,β-unsaturated/α-hetero) is 1. The number of anilines is 1. The fraction of sp³-hybridized carbons (Fsp3) is 0.548. The van der Waals surface area contributed by atoms with Crippen molar-refractivity contribution < 1.29 is 48.1 Å². The summed E-state index contributed by atoms with van der Waals surface area (Å²) in [5.41, 5.74) is 1.06. The van der Waals surface area contributed by atoms with Gasteiger partial charge in [0.05, 0.1) is 32.7 Å². The number of hydrogen-bond donors (Lipinski definition) is 2. The summed E-state index contributed by atoms with van der Waals surface area (Å²) in [4.78, 5) is 77.0. The van der Waals surface area contributed by atoms with E-state index in [0.717, 1.165) is 25.7 Å². The lowest BCUT2D eigenvalue weighted by Crippen LogP contribution is -2.51. The third-order valence-corrected chi connectivity index (χ3v) is 7.43. The van der Waals surface area contributed by atoms with Crippen LogP contribution in [-0.4, -0.2) is 102 Å². The highest BCUT2D eigenvalue weighted by Gasteiger charge is 2.37. The Kier molecular flexibility index (Phi) is 14.0. The molecule has 2 heterocycles. The van der Waals surface area contributed by atoms with Gasteiger partial charge in [-0.05, 0) is 56.3 Å². The molecule has 0 bridgehead atoms. The Balaban J connectivity index is 1.71. The SMILES string of the molecule is C=CC(=O)OCCC(=O)C(=O)N1CCCC[C@H]1C(=O)O[C@H](CCCN1CCOCC1)c1cccc(NC(=O)CCC(=O)O)c1. The number of aliphatic carboxylic acids is 1. The van der Waals surface area contributed by atoms with Gasteiger partial charge in [-0.15, -0.1) is 0 Å². The molecule has 0 aromatic heterocycles. The van der Waals surface area contributed by atoms with Gasteiger partial charge in [0.25, 0.3) is 5.91 Å². The quantitative estimate of drug-likeness (QED) is 0.159. The van der Waals surface area contributed by atoms with Gasteiger partial charge in [-0.25, -0.2) is 9.59 Å². The Hall–Kier alpha value is -4.10. The normalized spacial score (nSPS) is 17.6. The van der Waals surface area contributed by atoms with Gasteiger partial charge in [0, 0.05) is 37.8 Å². The second kappa shape index (κ2) is 17.9. The molecule has 0 unspecified atom stereocenters. The number of carboxylic acids is 1. The van der Waals surface area contributed by atoms with Gasteiger partial charge < -0.3 is 29.5 Å². The third-order valence-electron chi connectivity index (χ3n) is 7.43. The third kappa shape index (κ3) is 11.2. The molecule has 0 spiro atoms. The van der Waals surface area contributed by atoms with Gasteiger partial charge in [0.2, 0.25) is 11.7 Å². The van der Waals surface area contributed by atoms with Crippen LogP contribution in [0.4, 0.5) is 5.69 Å². The second-order valence-corrected chi connectivity index (χ2v) is 10.6. The van der Waals surface area contributed by atoms with Crippen LogP contribution in [0.2, 0.25) is 0 Å². The number of ether oxygens (including phenoxy) is 3. The molecule has 13 nitrogen and oxygen atoms in total. The number of morpholine rings is 1. The molecule has 2 N–H and O–H groups in total. The van der Waals surface area contributed by atoms with Crippen LogP contribution >= 0.6 is 0 Å². The summed E-state index contributed by atoms with van der Waals surface area (Å²) < 4.78 is 16.3. The summed E-state index contributed by atoms with van der Waals surface area (Å²) in [5, 5.41) is 11.5. The molecule has 2 amide bonds. The minimum atomic E-state index is -1.07. The topological polar surface area (TPSA) is 169 Å². The summed E-state index contributed by atoms with van der Waals surface area (Å²) in [7, 11) is 0. The molecule has 2 atom stereocenters. The lowest BCUT2D eigenvalue weighted by Gasteiger charge is -2.34. The number of carbonyl (C=O) groups is 6. The molecule has 1 aromatic carbocycles. The zero-order valence-corrected chi connectivity index (χ0v) is 24.9. The monoisotopic (exact) mass is 615 g/mol. The lowest BCUT2D eigenvalue weighted by atomic mass is 10.00. The van der Waals surface area contributed by atoms with Crippen LogP contribution in [0.3, 0.4) is 0 Å². The van der Waals surface area contributed by atoms with E-state index in [4.69, 9.17) is 19.3 Å². The van der Waals surface area contributed by atoms with E-state index in [2.05, 4.69) is 16.8 Å². The van der Waals surface area contributed by atoms with E-state index in [1.807, 2.05) is 0 Å². The highest BCUT2D eigenvalue weighted by Crippen LogP contribution is 2.29. The van der Waals surface area contributed by atoms with Crippen LogP contribution in [0.15, 0.2) is 36.9 Å². The summed E-state index contributed by atoms with van der Waals surface area (Å²) >= 11 is 0. The molecule has 3 rings (SSSR count). The minimum absolute atomic E-state index is 0.182. The number of piperidine rings is 1. The van der Waals surface area contributed by atoms with Crippen molar-refractivity contribution in [1.82, 2.24) is 9.80 Å². The summed E-state index contributed by atoms with van der Waals surface area (Å²) in [6.45, 7) is 6.92. The molecule has 2 aliphatic heterocycles. The maximum Gasteiger partial charge on any atom is 0.330 e. The molecular formula is C31H41N3O10. The molecule has 2 saturated heterocycles. The zero-order chi connectivity index (χ0) is 31.9. The Labute approximate surface area is 256 Å². The highest BCUT2D eigenvalue weighted by atomic mass is 16.5. The molecular weight excluding hydrogens is 574 g/mol. The fourth-order valence-electron chi connectivity index (χ4n) is 5.09. The molecule has 0 saturated carbocycles. The standard InChI is InChI=1S/C31H41N3O10/c1-2-29(39)43-18-13-25(35)30(40)34-15-4-3-9-24(34)31(41)44-26(10-6-14-33-16-19-42-20-17-33)22-7-5-8-23(21-22)32-27(36)11-12-28(37)38/h2,5,7-8,21,24,26H,1,3-4,6,9-20H2,(H,32,36)(H,37,38)/t24-,26+/m0/s1. The number of nitrogens with zero attached hydrogens (tertiary/aromatic N) is 2. The maximum atomic E-state index is 13.6. The maximum absolute atomic E-state index is 13.6. The van der Waals surface area contributed by atoms with Gasteiger partial charge >= 0.3 is 17.9 Å². The highest BCUT2D eigenvalue weighted by molar-refractivity contribution is 6.36. The Bertz CT molecular complexity index is 1200. The van der Waals surface area contributed by atoms with E-state index in [1.165, 1.54) is 4.90 Å². The molecule has 0 aliphatic carbocycles. The van der Waals surface area contributed by atoms with Crippen LogP contribution in [0.1, 0.15) is 63.0 Å². The first-order valence-corrected chi connectivity index (χ1v) is 14.9.